The van der Waals surface area contributed by atoms with Gasteiger partial charge in [0.15, 0.2) is 0 Å². The fourth-order valence-corrected chi connectivity index (χ4v) is 4.00. The number of urea groups is 1. The quantitative estimate of drug-likeness (QED) is 0.355. The van der Waals surface area contributed by atoms with Crippen molar-refractivity contribution in [2.75, 3.05) is 42.5 Å². The molecule has 9 nitrogen and oxygen atoms in total. The van der Waals surface area contributed by atoms with Crippen LogP contribution < -0.4 is 15.5 Å². The molecule has 3 amide bonds. The highest BCUT2D eigenvalue weighted by atomic mass is 19.1. The number of nitrogens with one attached hydrogen (secondary N) is 3. The zero-order chi connectivity index (χ0) is 26.3. The van der Waals surface area contributed by atoms with E-state index in [-0.39, 0.29) is 18.9 Å². The van der Waals surface area contributed by atoms with Crippen LogP contribution >= 0.6 is 0 Å². The lowest BCUT2D eigenvalue weighted by atomic mass is 10.0. The molecule has 1 saturated heterocycles. The van der Waals surface area contributed by atoms with Crippen molar-refractivity contribution in [2.24, 2.45) is 0 Å². The molecule has 0 spiro atoms. The molecule has 0 atom stereocenters. The van der Waals surface area contributed by atoms with Gasteiger partial charge < -0.3 is 30.4 Å². The Morgan fingerprint density at radius 2 is 1.92 bits per heavy atom. The van der Waals surface area contributed by atoms with Crippen molar-refractivity contribution in [3.8, 4) is 0 Å². The molecule has 0 aromatic heterocycles. The molecule has 0 radical (unpaired) electrons. The molecule has 2 aromatic carbocycles. The van der Waals surface area contributed by atoms with Gasteiger partial charge in [0.2, 0.25) is 0 Å². The number of ether oxygens (including phenoxy) is 2. The smallest absolute Gasteiger partial charge is 0.410 e. The third-order valence-electron chi connectivity index (χ3n) is 5.65. The van der Waals surface area contributed by atoms with Crippen molar-refractivity contribution < 1.29 is 23.5 Å². The van der Waals surface area contributed by atoms with Crippen LogP contribution in [0.25, 0.3) is 0 Å². The van der Waals surface area contributed by atoms with Crippen molar-refractivity contribution >= 4 is 35.4 Å². The van der Waals surface area contributed by atoms with Gasteiger partial charge in [-0.15, -0.1) is 0 Å². The van der Waals surface area contributed by atoms with Crippen molar-refractivity contribution in [1.82, 2.24) is 4.90 Å². The van der Waals surface area contributed by atoms with Gasteiger partial charge in [-0.05, 0) is 70.0 Å². The summed E-state index contributed by atoms with van der Waals surface area (Å²) in [4.78, 5) is 29.1. The maximum absolute atomic E-state index is 14.1. The summed E-state index contributed by atoms with van der Waals surface area (Å²) < 4.78 is 24.6. The van der Waals surface area contributed by atoms with E-state index in [1.165, 1.54) is 18.3 Å². The number of hydrogen-bond acceptors (Lipinski definition) is 6. The van der Waals surface area contributed by atoms with Crippen molar-refractivity contribution in [2.45, 2.75) is 45.3 Å². The summed E-state index contributed by atoms with van der Waals surface area (Å²) in [6, 6.07) is 10.4. The van der Waals surface area contributed by atoms with E-state index in [0.717, 1.165) is 0 Å². The van der Waals surface area contributed by atoms with Gasteiger partial charge in [0.1, 0.15) is 18.1 Å². The fraction of sp³-hybridized carbons (Fsp3) is 0.423. The SMILES string of the molecule is COCNc1cc(NC(=O)N(c2cccc(F)c2)C2CCN(C(=O)OC(C)(C)C)CC2)ccc1C=N. The fourth-order valence-electron chi connectivity index (χ4n) is 4.00. The number of halogens is 1. The molecule has 0 aliphatic carbocycles. The summed E-state index contributed by atoms with van der Waals surface area (Å²) in [7, 11) is 1.55. The molecule has 194 valence electrons. The van der Waals surface area contributed by atoms with Crippen LogP contribution in [0.4, 0.5) is 31.0 Å². The summed E-state index contributed by atoms with van der Waals surface area (Å²) in [5, 5.41) is 13.5. The predicted octanol–water partition coefficient (Wildman–Crippen LogP) is 5.28. The minimum atomic E-state index is -0.592. The van der Waals surface area contributed by atoms with E-state index >= 15 is 0 Å². The number of nitrogens with zero attached hydrogens (tertiary/aromatic N) is 2. The van der Waals surface area contributed by atoms with Crippen LogP contribution in [0.15, 0.2) is 42.5 Å². The summed E-state index contributed by atoms with van der Waals surface area (Å²) in [5.74, 6) is -0.446. The van der Waals surface area contributed by atoms with Crippen LogP contribution in [0.2, 0.25) is 0 Å². The Labute approximate surface area is 211 Å². The number of anilines is 3. The molecule has 0 bridgehead atoms. The molecule has 1 heterocycles. The summed E-state index contributed by atoms with van der Waals surface area (Å²) in [6.45, 7) is 6.52. The number of methoxy groups -OCH3 is 1. The molecule has 3 N–H and O–H groups in total. The Morgan fingerprint density at radius 1 is 1.19 bits per heavy atom. The van der Waals surface area contributed by atoms with E-state index in [1.807, 2.05) is 20.8 Å². The van der Waals surface area contributed by atoms with Crippen molar-refractivity contribution in [1.29, 1.82) is 5.41 Å². The number of carbonyl (C=O) groups is 2. The molecule has 10 heteroatoms. The van der Waals surface area contributed by atoms with Crippen LogP contribution in [0.3, 0.4) is 0 Å². The summed E-state index contributed by atoms with van der Waals surface area (Å²) in [5.41, 5.74) is 1.62. The van der Waals surface area contributed by atoms with Gasteiger partial charge in [0, 0.05) is 55.1 Å². The van der Waals surface area contributed by atoms with Crippen molar-refractivity contribution in [3.63, 3.8) is 0 Å². The Bertz CT molecular complexity index is 1080. The molecule has 1 aliphatic rings. The molecule has 2 aromatic rings. The third kappa shape index (κ3) is 7.17. The average Bonchev–Trinajstić information content (AvgIpc) is 2.82. The normalized spacial score (nSPS) is 14.2. The molecule has 0 unspecified atom stereocenters. The van der Waals surface area contributed by atoms with Gasteiger partial charge >= 0.3 is 12.1 Å². The lowest BCUT2D eigenvalue weighted by Gasteiger charge is -2.38. The lowest BCUT2D eigenvalue weighted by Crippen LogP contribution is -2.51. The summed E-state index contributed by atoms with van der Waals surface area (Å²) in [6.07, 6.45) is 1.85. The van der Waals surface area contributed by atoms with Gasteiger partial charge in [-0.3, -0.25) is 4.90 Å². The lowest BCUT2D eigenvalue weighted by molar-refractivity contribution is 0.0206. The van der Waals surface area contributed by atoms with E-state index in [9.17, 15) is 14.0 Å². The zero-order valence-electron chi connectivity index (χ0n) is 21.1. The second-order valence-electron chi connectivity index (χ2n) is 9.53. The van der Waals surface area contributed by atoms with Gasteiger partial charge in [-0.25, -0.2) is 14.0 Å². The van der Waals surface area contributed by atoms with E-state index in [1.54, 1.807) is 47.2 Å². The topological polar surface area (TPSA) is 107 Å². The zero-order valence-corrected chi connectivity index (χ0v) is 21.1. The third-order valence-corrected chi connectivity index (χ3v) is 5.65. The number of piperidine rings is 1. The van der Waals surface area contributed by atoms with Crippen molar-refractivity contribution in [3.05, 3.63) is 53.8 Å². The number of rotatable bonds is 7. The number of amides is 3. The molecular weight excluding hydrogens is 465 g/mol. The van der Waals surface area contributed by atoms with E-state index in [4.69, 9.17) is 14.9 Å². The molecular formula is C26H34FN5O4. The highest BCUT2D eigenvalue weighted by Crippen LogP contribution is 2.27. The average molecular weight is 500 g/mol. The highest BCUT2D eigenvalue weighted by molar-refractivity contribution is 6.03. The first-order valence-electron chi connectivity index (χ1n) is 11.8. The number of hydrogen-bond donors (Lipinski definition) is 3. The van der Waals surface area contributed by atoms with Crippen LogP contribution in [0, 0.1) is 11.2 Å². The molecule has 1 aliphatic heterocycles. The van der Waals surface area contributed by atoms with Gasteiger partial charge in [0.25, 0.3) is 0 Å². The Balaban J connectivity index is 1.80. The van der Waals surface area contributed by atoms with Crippen LogP contribution in [-0.2, 0) is 9.47 Å². The predicted molar refractivity (Wildman–Crippen MR) is 139 cm³/mol. The molecule has 1 fully saturated rings. The van der Waals surface area contributed by atoms with Gasteiger partial charge in [-0.2, -0.15) is 0 Å². The maximum atomic E-state index is 14.1. The molecule has 36 heavy (non-hydrogen) atoms. The van der Waals surface area contributed by atoms with Gasteiger partial charge in [0.05, 0.1) is 0 Å². The Hall–Kier alpha value is -3.66. The van der Waals surface area contributed by atoms with E-state index in [0.29, 0.717) is 48.6 Å². The highest BCUT2D eigenvalue weighted by Gasteiger charge is 2.32. The first-order valence-corrected chi connectivity index (χ1v) is 11.8. The van der Waals surface area contributed by atoms with Gasteiger partial charge in [-0.1, -0.05) is 6.07 Å². The number of likely N-dealkylation sites (tertiary alicyclic amines) is 1. The second kappa shape index (κ2) is 11.9. The molecule has 3 rings (SSSR count). The standard InChI is InChI=1S/C26H34FN5O4/c1-26(2,3)36-25(34)31-12-10-21(11-13-31)32(22-7-5-6-19(27)14-22)24(33)30-20-9-8-18(16-28)23(15-20)29-17-35-4/h5-9,14-16,21,28-29H,10-13,17H2,1-4H3,(H,30,33). The Kier molecular flexibility index (Phi) is 8.87. The summed E-state index contributed by atoms with van der Waals surface area (Å²) >= 11 is 0. The monoisotopic (exact) mass is 499 g/mol. The number of benzene rings is 2. The van der Waals surface area contributed by atoms with Crippen LogP contribution in [0.1, 0.15) is 39.2 Å². The maximum Gasteiger partial charge on any atom is 0.410 e. The minimum absolute atomic E-state index is 0.240. The minimum Gasteiger partial charge on any atom is -0.444 e. The Morgan fingerprint density at radius 3 is 2.53 bits per heavy atom. The van der Waals surface area contributed by atoms with Crippen LogP contribution in [0.5, 0.6) is 0 Å². The largest absolute Gasteiger partial charge is 0.444 e. The number of carbonyl (C=O) groups excluding carboxylic acids is 2. The van der Waals surface area contributed by atoms with Crippen LogP contribution in [-0.4, -0.2) is 61.8 Å². The first-order chi connectivity index (χ1) is 17.1. The second-order valence-corrected chi connectivity index (χ2v) is 9.53. The van der Waals surface area contributed by atoms with E-state index in [2.05, 4.69) is 10.6 Å². The molecule has 0 saturated carbocycles. The van der Waals surface area contributed by atoms with E-state index < -0.39 is 17.4 Å². The first kappa shape index (κ1) is 26.9.